The van der Waals surface area contributed by atoms with Crippen LogP contribution in [-0.2, 0) is 11.8 Å². The molecule has 1 fully saturated rings. The van der Waals surface area contributed by atoms with Gasteiger partial charge in [-0.3, -0.25) is 0 Å². The molecule has 1 aliphatic heterocycles. The predicted octanol–water partition coefficient (Wildman–Crippen LogP) is 1.37. The SMILES string of the molecule is CNC(c1ccc2c(c1)ncn2C)C1(C#N)COC1. The lowest BCUT2D eigenvalue weighted by Crippen LogP contribution is -2.50. The van der Waals surface area contributed by atoms with Crippen LogP contribution in [0.2, 0.25) is 0 Å². The number of fused-ring (bicyclic) bond motifs is 1. The van der Waals surface area contributed by atoms with E-state index in [0.717, 1.165) is 16.6 Å². The molecule has 0 saturated carbocycles. The van der Waals surface area contributed by atoms with Gasteiger partial charge in [-0.1, -0.05) is 6.07 Å². The smallest absolute Gasteiger partial charge is 0.123 e. The second-order valence-corrected chi connectivity index (χ2v) is 5.09. The molecular formula is C14H16N4O. The molecule has 1 atom stereocenters. The number of nitrogens with one attached hydrogen (secondary N) is 1. The lowest BCUT2D eigenvalue weighted by molar-refractivity contribution is -0.0963. The van der Waals surface area contributed by atoms with E-state index >= 15 is 0 Å². The van der Waals surface area contributed by atoms with Crippen molar-refractivity contribution in [3.8, 4) is 6.07 Å². The fourth-order valence-electron chi connectivity index (χ4n) is 2.71. The van der Waals surface area contributed by atoms with Crippen molar-refractivity contribution in [1.82, 2.24) is 14.9 Å². The minimum atomic E-state index is -0.461. The lowest BCUT2D eigenvalue weighted by atomic mass is 9.76. The second-order valence-electron chi connectivity index (χ2n) is 5.09. The van der Waals surface area contributed by atoms with E-state index in [1.807, 2.05) is 30.8 Å². The van der Waals surface area contributed by atoms with Crippen molar-refractivity contribution in [3.63, 3.8) is 0 Å². The van der Waals surface area contributed by atoms with Gasteiger partial charge < -0.3 is 14.6 Å². The van der Waals surface area contributed by atoms with Gasteiger partial charge in [0.05, 0.1) is 42.7 Å². The third kappa shape index (κ3) is 1.72. The number of imidazole rings is 1. The van der Waals surface area contributed by atoms with Gasteiger partial charge in [0.1, 0.15) is 5.41 Å². The molecule has 5 nitrogen and oxygen atoms in total. The van der Waals surface area contributed by atoms with Crippen LogP contribution >= 0.6 is 0 Å². The maximum absolute atomic E-state index is 9.43. The Morgan fingerprint density at radius 2 is 2.32 bits per heavy atom. The van der Waals surface area contributed by atoms with Gasteiger partial charge in [-0.25, -0.2) is 4.98 Å². The Bertz CT molecular complexity index is 651. The standard InChI is InChI=1S/C14H16N4O/c1-16-13(14(6-15)7-19-8-14)10-3-4-12-11(5-10)17-9-18(12)2/h3-5,9,13,16H,7-8H2,1-2H3. The van der Waals surface area contributed by atoms with Crippen molar-refractivity contribution in [2.75, 3.05) is 20.3 Å². The number of aromatic nitrogens is 2. The summed E-state index contributed by atoms with van der Waals surface area (Å²) in [5.74, 6) is 0. The Balaban J connectivity index is 2.04. The van der Waals surface area contributed by atoms with Crippen LogP contribution in [0.1, 0.15) is 11.6 Å². The molecule has 0 bridgehead atoms. The number of rotatable bonds is 3. The number of nitrogens with zero attached hydrogens (tertiary/aromatic N) is 3. The van der Waals surface area contributed by atoms with Crippen LogP contribution in [0, 0.1) is 16.7 Å². The van der Waals surface area contributed by atoms with Crippen LogP contribution in [0.3, 0.4) is 0 Å². The number of hydrogen-bond acceptors (Lipinski definition) is 4. The summed E-state index contributed by atoms with van der Waals surface area (Å²) in [4.78, 5) is 4.37. The van der Waals surface area contributed by atoms with Gasteiger partial charge in [-0.05, 0) is 24.7 Å². The molecule has 0 spiro atoms. The normalized spacial score (nSPS) is 18.8. The highest BCUT2D eigenvalue weighted by atomic mass is 16.5. The van der Waals surface area contributed by atoms with Crippen LogP contribution in [0.5, 0.6) is 0 Å². The Labute approximate surface area is 111 Å². The first kappa shape index (κ1) is 12.2. The van der Waals surface area contributed by atoms with E-state index in [1.165, 1.54) is 0 Å². The first-order valence-corrected chi connectivity index (χ1v) is 6.27. The van der Waals surface area contributed by atoms with Crippen molar-refractivity contribution >= 4 is 11.0 Å². The van der Waals surface area contributed by atoms with E-state index in [4.69, 9.17) is 4.74 Å². The molecule has 1 aliphatic rings. The minimum absolute atomic E-state index is 0.0299. The molecule has 0 aliphatic carbocycles. The van der Waals surface area contributed by atoms with Crippen molar-refractivity contribution in [3.05, 3.63) is 30.1 Å². The monoisotopic (exact) mass is 256 g/mol. The molecule has 1 N–H and O–H groups in total. The van der Waals surface area contributed by atoms with Gasteiger partial charge in [-0.15, -0.1) is 0 Å². The molecule has 1 saturated heterocycles. The Morgan fingerprint density at radius 1 is 1.53 bits per heavy atom. The Hall–Kier alpha value is -1.90. The fourth-order valence-corrected chi connectivity index (χ4v) is 2.71. The molecule has 2 aromatic rings. The zero-order valence-corrected chi connectivity index (χ0v) is 11.1. The predicted molar refractivity (Wildman–Crippen MR) is 71.4 cm³/mol. The molecule has 0 radical (unpaired) electrons. The van der Waals surface area contributed by atoms with Gasteiger partial charge in [0, 0.05) is 7.05 Å². The van der Waals surface area contributed by atoms with Gasteiger partial charge in [0.2, 0.25) is 0 Å². The second kappa shape index (κ2) is 4.34. The van der Waals surface area contributed by atoms with Crippen LogP contribution in [0.15, 0.2) is 24.5 Å². The van der Waals surface area contributed by atoms with Gasteiger partial charge in [0.25, 0.3) is 0 Å². The van der Waals surface area contributed by atoms with E-state index in [2.05, 4.69) is 22.4 Å². The van der Waals surface area contributed by atoms with Crippen LogP contribution < -0.4 is 5.32 Å². The Kier molecular flexibility index (Phi) is 2.77. The zero-order chi connectivity index (χ0) is 13.5. The summed E-state index contributed by atoms with van der Waals surface area (Å²) in [6.07, 6.45) is 1.80. The van der Waals surface area contributed by atoms with Gasteiger partial charge in [0.15, 0.2) is 0 Å². The summed E-state index contributed by atoms with van der Waals surface area (Å²) >= 11 is 0. The van der Waals surface area contributed by atoms with Gasteiger partial charge >= 0.3 is 0 Å². The van der Waals surface area contributed by atoms with Crippen molar-refractivity contribution in [1.29, 1.82) is 5.26 Å². The van der Waals surface area contributed by atoms with Crippen LogP contribution in [0.4, 0.5) is 0 Å². The molecule has 3 rings (SSSR count). The first-order chi connectivity index (χ1) is 9.20. The van der Waals surface area contributed by atoms with E-state index in [1.54, 1.807) is 6.33 Å². The van der Waals surface area contributed by atoms with E-state index in [-0.39, 0.29) is 6.04 Å². The number of nitriles is 1. The van der Waals surface area contributed by atoms with Crippen molar-refractivity contribution in [2.45, 2.75) is 6.04 Å². The number of benzene rings is 1. The van der Waals surface area contributed by atoms with Crippen molar-refractivity contribution < 1.29 is 4.74 Å². The fraction of sp³-hybridized carbons (Fsp3) is 0.429. The molecule has 2 heterocycles. The summed E-state index contributed by atoms with van der Waals surface area (Å²) in [6.45, 7) is 0.963. The summed E-state index contributed by atoms with van der Waals surface area (Å²) < 4.78 is 7.23. The summed E-state index contributed by atoms with van der Waals surface area (Å²) in [5, 5.41) is 12.7. The van der Waals surface area contributed by atoms with E-state index < -0.39 is 5.41 Å². The van der Waals surface area contributed by atoms with E-state index in [9.17, 15) is 5.26 Å². The van der Waals surface area contributed by atoms with Crippen molar-refractivity contribution in [2.24, 2.45) is 12.5 Å². The number of ether oxygens (including phenoxy) is 1. The molecule has 98 valence electrons. The maximum atomic E-state index is 9.43. The highest BCUT2D eigenvalue weighted by Gasteiger charge is 2.46. The zero-order valence-electron chi connectivity index (χ0n) is 11.1. The van der Waals surface area contributed by atoms with E-state index in [0.29, 0.717) is 13.2 Å². The average molecular weight is 256 g/mol. The van der Waals surface area contributed by atoms with Crippen LogP contribution in [-0.4, -0.2) is 29.8 Å². The summed E-state index contributed by atoms with van der Waals surface area (Å²) in [5.41, 5.74) is 2.67. The Morgan fingerprint density at radius 3 is 2.89 bits per heavy atom. The largest absolute Gasteiger partial charge is 0.378 e. The maximum Gasteiger partial charge on any atom is 0.123 e. The highest BCUT2D eigenvalue weighted by molar-refractivity contribution is 5.76. The summed E-state index contributed by atoms with van der Waals surface area (Å²) in [6, 6.07) is 8.53. The topological polar surface area (TPSA) is 62.9 Å². The molecule has 19 heavy (non-hydrogen) atoms. The third-order valence-corrected chi connectivity index (χ3v) is 3.87. The number of hydrogen-bond donors (Lipinski definition) is 1. The third-order valence-electron chi connectivity index (χ3n) is 3.87. The first-order valence-electron chi connectivity index (χ1n) is 6.27. The van der Waals surface area contributed by atoms with Gasteiger partial charge in [-0.2, -0.15) is 5.26 Å². The highest BCUT2D eigenvalue weighted by Crippen LogP contribution is 2.40. The molecule has 1 unspecified atom stereocenters. The average Bonchev–Trinajstić information content (AvgIpc) is 2.75. The lowest BCUT2D eigenvalue weighted by Gasteiger charge is -2.41. The molecular weight excluding hydrogens is 240 g/mol. The van der Waals surface area contributed by atoms with Crippen LogP contribution in [0.25, 0.3) is 11.0 Å². The molecule has 5 heteroatoms. The summed E-state index contributed by atoms with van der Waals surface area (Å²) in [7, 11) is 3.85. The molecule has 1 aromatic carbocycles. The molecule has 0 amide bonds. The molecule has 1 aromatic heterocycles. The quantitative estimate of drug-likeness (QED) is 0.901. The number of aryl methyl sites for hydroxylation is 1. The minimum Gasteiger partial charge on any atom is -0.378 e.